The van der Waals surface area contributed by atoms with Crippen LogP contribution in [0, 0.1) is 5.82 Å². The van der Waals surface area contributed by atoms with E-state index in [1.165, 1.54) is 12.1 Å². The molecule has 0 aliphatic carbocycles. The Morgan fingerprint density at radius 1 is 1.61 bits per heavy atom. The summed E-state index contributed by atoms with van der Waals surface area (Å²) in [4.78, 5) is 12.7. The first kappa shape index (κ1) is 12.8. The summed E-state index contributed by atoms with van der Waals surface area (Å²) in [6.45, 7) is 3.80. The molecule has 0 saturated carbocycles. The first-order chi connectivity index (χ1) is 8.63. The Bertz CT molecular complexity index is 450. The van der Waals surface area contributed by atoms with Crippen molar-refractivity contribution in [2.75, 3.05) is 24.7 Å². The van der Waals surface area contributed by atoms with E-state index in [1.807, 2.05) is 11.8 Å². The van der Waals surface area contributed by atoms with Gasteiger partial charge in [-0.15, -0.1) is 0 Å². The van der Waals surface area contributed by atoms with Gasteiger partial charge in [0.1, 0.15) is 5.82 Å². The predicted octanol–water partition coefficient (Wildman–Crippen LogP) is 2.14. The molecule has 1 atom stereocenters. The summed E-state index contributed by atoms with van der Waals surface area (Å²) >= 11 is 0. The van der Waals surface area contributed by atoms with Crippen LogP contribution in [-0.4, -0.2) is 36.9 Å². The van der Waals surface area contributed by atoms with Crippen LogP contribution < -0.4 is 4.90 Å². The Morgan fingerprint density at radius 2 is 2.39 bits per heavy atom. The topological polar surface area (TPSA) is 49.8 Å². The van der Waals surface area contributed by atoms with Gasteiger partial charge in [-0.1, -0.05) is 6.92 Å². The molecule has 0 spiro atoms. The van der Waals surface area contributed by atoms with Gasteiger partial charge in [-0.3, -0.25) is 0 Å². The number of morpholine rings is 1. The average molecular weight is 253 g/mol. The van der Waals surface area contributed by atoms with Crippen molar-refractivity contribution in [3.63, 3.8) is 0 Å². The van der Waals surface area contributed by atoms with Gasteiger partial charge in [-0.05, 0) is 24.6 Å². The van der Waals surface area contributed by atoms with Crippen LogP contribution in [0.3, 0.4) is 0 Å². The molecule has 0 radical (unpaired) electrons. The van der Waals surface area contributed by atoms with Crippen LogP contribution in [0.4, 0.5) is 10.1 Å². The van der Waals surface area contributed by atoms with Crippen molar-refractivity contribution in [3.8, 4) is 0 Å². The standard InChI is InChI=1S/C13H16FNO3/c1-2-10-8-18-6-5-15(10)12-4-3-9(13(16)17)7-11(12)14/h3-4,7,10H,2,5-6,8H2,1H3,(H,16,17). The number of carbonyl (C=O) groups is 1. The van der Waals surface area contributed by atoms with E-state index in [9.17, 15) is 9.18 Å². The van der Waals surface area contributed by atoms with Crippen molar-refractivity contribution in [1.82, 2.24) is 0 Å². The molecule has 1 heterocycles. The summed E-state index contributed by atoms with van der Waals surface area (Å²) in [6.07, 6.45) is 0.861. The van der Waals surface area contributed by atoms with E-state index in [2.05, 4.69) is 0 Å². The maximum absolute atomic E-state index is 14.0. The minimum atomic E-state index is -1.12. The molecule has 1 saturated heterocycles. The molecule has 18 heavy (non-hydrogen) atoms. The maximum atomic E-state index is 14.0. The lowest BCUT2D eigenvalue weighted by molar-refractivity contribution is 0.0696. The first-order valence-corrected chi connectivity index (χ1v) is 6.00. The summed E-state index contributed by atoms with van der Waals surface area (Å²) in [5, 5.41) is 8.81. The molecule has 0 bridgehead atoms. The summed E-state index contributed by atoms with van der Waals surface area (Å²) in [6, 6.07) is 4.18. The van der Waals surface area contributed by atoms with Crippen molar-refractivity contribution >= 4 is 11.7 Å². The highest BCUT2D eigenvalue weighted by Gasteiger charge is 2.24. The number of rotatable bonds is 3. The molecule has 0 aromatic heterocycles. The lowest BCUT2D eigenvalue weighted by atomic mass is 10.1. The molecule has 1 unspecified atom stereocenters. The third kappa shape index (κ3) is 2.46. The Morgan fingerprint density at radius 3 is 3.00 bits per heavy atom. The quantitative estimate of drug-likeness (QED) is 0.896. The lowest BCUT2D eigenvalue weighted by Gasteiger charge is -2.37. The number of halogens is 1. The smallest absolute Gasteiger partial charge is 0.335 e. The van der Waals surface area contributed by atoms with Gasteiger partial charge in [0.05, 0.1) is 30.5 Å². The minimum Gasteiger partial charge on any atom is -0.478 e. The Balaban J connectivity index is 2.29. The summed E-state index contributed by atoms with van der Waals surface area (Å²) < 4.78 is 19.3. The van der Waals surface area contributed by atoms with Gasteiger partial charge in [-0.25, -0.2) is 9.18 Å². The molecule has 2 rings (SSSR count). The third-order valence-corrected chi connectivity index (χ3v) is 3.20. The van der Waals surface area contributed by atoms with Crippen LogP contribution >= 0.6 is 0 Å². The fraction of sp³-hybridized carbons (Fsp3) is 0.462. The highest BCUT2D eigenvalue weighted by Crippen LogP contribution is 2.25. The monoisotopic (exact) mass is 253 g/mol. The fourth-order valence-corrected chi connectivity index (χ4v) is 2.18. The number of carboxylic acid groups (broad SMARTS) is 1. The van der Waals surface area contributed by atoms with Crippen molar-refractivity contribution in [3.05, 3.63) is 29.6 Å². The highest BCUT2D eigenvalue weighted by atomic mass is 19.1. The number of ether oxygens (including phenoxy) is 1. The van der Waals surface area contributed by atoms with Gasteiger partial charge in [0, 0.05) is 6.54 Å². The fourth-order valence-electron chi connectivity index (χ4n) is 2.18. The van der Waals surface area contributed by atoms with E-state index in [1.54, 1.807) is 0 Å². The second-order valence-electron chi connectivity index (χ2n) is 4.30. The molecule has 1 aliphatic heterocycles. The molecule has 1 aliphatic rings. The zero-order valence-corrected chi connectivity index (χ0v) is 10.2. The Kier molecular flexibility index (Phi) is 3.81. The van der Waals surface area contributed by atoms with Crippen LogP contribution in [0.25, 0.3) is 0 Å². The summed E-state index contributed by atoms with van der Waals surface area (Å²) in [7, 11) is 0. The third-order valence-electron chi connectivity index (χ3n) is 3.20. The van der Waals surface area contributed by atoms with Gasteiger partial charge in [0.25, 0.3) is 0 Å². The molecule has 5 heteroatoms. The Labute approximate surface area is 105 Å². The van der Waals surface area contributed by atoms with Crippen LogP contribution in [0.15, 0.2) is 18.2 Å². The molecule has 1 N–H and O–H groups in total. The van der Waals surface area contributed by atoms with Crippen LogP contribution in [0.5, 0.6) is 0 Å². The number of anilines is 1. The number of benzene rings is 1. The van der Waals surface area contributed by atoms with E-state index < -0.39 is 11.8 Å². The summed E-state index contributed by atoms with van der Waals surface area (Å²) in [5.41, 5.74) is 0.424. The number of hydrogen-bond donors (Lipinski definition) is 1. The van der Waals surface area contributed by atoms with Crippen molar-refractivity contribution in [2.45, 2.75) is 19.4 Å². The van der Waals surface area contributed by atoms with Crippen molar-refractivity contribution in [1.29, 1.82) is 0 Å². The second-order valence-corrected chi connectivity index (χ2v) is 4.30. The minimum absolute atomic E-state index is 0.0300. The SMILES string of the molecule is CCC1COCCN1c1ccc(C(=O)O)cc1F. The maximum Gasteiger partial charge on any atom is 0.335 e. The zero-order chi connectivity index (χ0) is 13.1. The van der Waals surface area contributed by atoms with E-state index in [0.717, 1.165) is 12.5 Å². The van der Waals surface area contributed by atoms with Gasteiger partial charge in [0.15, 0.2) is 0 Å². The molecule has 1 aromatic rings. The number of carboxylic acids is 1. The molecular weight excluding hydrogens is 237 g/mol. The highest BCUT2D eigenvalue weighted by molar-refractivity contribution is 5.88. The molecule has 98 valence electrons. The number of nitrogens with zero attached hydrogens (tertiary/aromatic N) is 1. The van der Waals surface area contributed by atoms with Crippen molar-refractivity contribution < 1.29 is 19.0 Å². The van der Waals surface area contributed by atoms with Gasteiger partial charge in [0.2, 0.25) is 0 Å². The normalized spacial score (nSPS) is 19.9. The Hall–Kier alpha value is -1.62. The van der Waals surface area contributed by atoms with E-state index in [0.29, 0.717) is 25.4 Å². The lowest BCUT2D eigenvalue weighted by Crippen LogP contribution is -2.45. The van der Waals surface area contributed by atoms with E-state index >= 15 is 0 Å². The van der Waals surface area contributed by atoms with Gasteiger partial charge in [-0.2, -0.15) is 0 Å². The van der Waals surface area contributed by atoms with Crippen molar-refractivity contribution in [2.24, 2.45) is 0 Å². The van der Waals surface area contributed by atoms with E-state index in [-0.39, 0.29) is 11.6 Å². The molecule has 1 fully saturated rings. The molecule has 1 aromatic carbocycles. The van der Waals surface area contributed by atoms with Gasteiger partial charge >= 0.3 is 5.97 Å². The second kappa shape index (κ2) is 5.35. The van der Waals surface area contributed by atoms with Gasteiger partial charge < -0.3 is 14.7 Å². The van der Waals surface area contributed by atoms with E-state index in [4.69, 9.17) is 9.84 Å². The number of aromatic carboxylic acids is 1. The average Bonchev–Trinajstić information content (AvgIpc) is 2.38. The predicted molar refractivity (Wildman–Crippen MR) is 65.6 cm³/mol. The van der Waals surface area contributed by atoms with Crippen LogP contribution in [0.2, 0.25) is 0 Å². The summed E-state index contributed by atoms with van der Waals surface area (Å²) in [5.74, 6) is -1.61. The number of hydrogen-bond acceptors (Lipinski definition) is 3. The first-order valence-electron chi connectivity index (χ1n) is 6.00. The van der Waals surface area contributed by atoms with Crippen LogP contribution in [0.1, 0.15) is 23.7 Å². The van der Waals surface area contributed by atoms with Crippen LogP contribution in [-0.2, 0) is 4.74 Å². The molecule has 0 amide bonds. The molecule has 4 nitrogen and oxygen atoms in total. The zero-order valence-electron chi connectivity index (χ0n) is 10.2. The largest absolute Gasteiger partial charge is 0.478 e. The molecular formula is C13H16FNO3.